The lowest BCUT2D eigenvalue weighted by Crippen LogP contribution is -2.45. The Morgan fingerprint density at radius 3 is 2.69 bits per heavy atom. The molecule has 0 spiro atoms. The van der Waals surface area contributed by atoms with E-state index in [9.17, 15) is 4.79 Å². The molecule has 2 heterocycles. The number of likely N-dealkylation sites (tertiary alicyclic amines) is 1. The average Bonchev–Trinajstić information content (AvgIpc) is 3.04. The second-order valence-electron chi connectivity index (χ2n) is 6.87. The number of carbonyl (C=O) groups is 1. The number of amides is 2. The van der Waals surface area contributed by atoms with Crippen LogP contribution in [0.15, 0.2) is 54.6 Å². The summed E-state index contributed by atoms with van der Waals surface area (Å²) < 4.78 is 2.13. The second kappa shape index (κ2) is 7.20. The molecule has 1 unspecified atom stereocenters. The molecule has 0 radical (unpaired) electrons. The lowest BCUT2D eigenvalue weighted by atomic mass is 10.0. The highest BCUT2D eigenvalue weighted by Gasteiger charge is 2.31. The third-order valence-corrected chi connectivity index (χ3v) is 5.17. The molecule has 0 saturated carbocycles. The van der Waals surface area contributed by atoms with Gasteiger partial charge in [-0.05, 0) is 37.0 Å². The first-order valence-corrected chi connectivity index (χ1v) is 9.24. The van der Waals surface area contributed by atoms with Crippen LogP contribution in [-0.2, 0) is 13.6 Å². The molecule has 1 aliphatic rings. The summed E-state index contributed by atoms with van der Waals surface area (Å²) in [6.45, 7) is 1.32. The number of fused-ring (bicyclic) bond motifs is 1. The Morgan fingerprint density at radius 1 is 1.12 bits per heavy atom. The molecule has 2 amide bonds. The molecule has 2 aromatic carbocycles. The van der Waals surface area contributed by atoms with Crippen LogP contribution in [0.1, 0.15) is 36.7 Å². The van der Waals surface area contributed by atoms with E-state index in [0.717, 1.165) is 48.2 Å². The fourth-order valence-corrected chi connectivity index (χ4v) is 3.78. The minimum atomic E-state index is -0.00870. The molecule has 5 nitrogen and oxygen atoms in total. The lowest BCUT2D eigenvalue weighted by molar-refractivity contribution is 0.146. The summed E-state index contributed by atoms with van der Waals surface area (Å²) in [7, 11) is 2.04. The van der Waals surface area contributed by atoms with Gasteiger partial charge in [-0.15, -0.1) is 0 Å². The Kier molecular flexibility index (Phi) is 4.61. The van der Waals surface area contributed by atoms with Gasteiger partial charge in [0, 0.05) is 20.1 Å². The van der Waals surface area contributed by atoms with Crippen molar-refractivity contribution < 1.29 is 4.79 Å². The second-order valence-corrected chi connectivity index (χ2v) is 6.87. The number of piperidine rings is 1. The first-order valence-electron chi connectivity index (χ1n) is 9.24. The van der Waals surface area contributed by atoms with Crippen LogP contribution in [-0.4, -0.2) is 27.0 Å². The van der Waals surface area contributed by atoms with Gasteiger partial charge in [0.25, 0.3) is 0 Å². The van der Waals surface area contributed by atoms with E-state index >= 15 is 0 Å². The molecule has 1 atom stereocenters. The van der Waals surface area contributed by atoms with Crippen molar-refractivity contribution in [2.75, 3.05) is 6.54 Å². The van der Waals surface area contributed by atoms with Crippen LogP contribution in [0.25, 0.3) is 11.0 Å². The number of aromatic nitrogens is 2. The van der Waals surface area contributed by atoms with Crippen molar-refractivity contribution in [1.29, 1.82) is 0 Å². The minimum absolute atomic E-state index is 0.00870. The molecule has 1 fully saturated rings. The van der Waals surface area contributed by atoms with Crippen LogP contribution >= 0.6 is 0 Å². The molecular weight excluding hydrogens is 324 g/mol. The van der Waals surface area contributed by atoms with Crippen molar-refractivity contribution in [3.63, 3.8) is 0 Å². The van der Waals surface area contributed by atoms with Crippen molar-refractivity contribution >= 4 is 17.1 Å². The highest BCUT2D eigenvalue weighted by molar-refractivity contribution is 5.77. The van der Waals surface area contributed by atoms with Gasteiger partial charge in [0.2, 0.25) is 0 Å². The number of rotatable bonds is 3. The zero-order chi connectivity index (χ0) is 17.9. The largest absolute Gasteiger partial charge is 0.334 e. The number of nitrogens with one attached hydrogen (secondary N) is 1. The van der Waals surface area contributed by atoms with Gasteiger partial charge in [0.1, 0.15) is 5.82 Å². The SMILES string of the molecule is Cn1c(C2CCCCN2C(=O)NCc2ccccc2)nc2ccccc21. The van der Waals surface area contributed by atoms with E-state index in [2.05, 4.69) is 16.0 Å². The van der Waals surface area contributed by atoms with Gasteiger partial charge in [-0.3, -0.25) is 0 Å². The summed E-state index contributed by atoms with van der Waals surface area (Å²) in [5.41, 5.74) is 3.20. The van der Waals surface area contributed by atoms with E-state index in [1.54, 1.807) is 0 Å². The Hall–Kier alpha value is -2.82. The maximum absolute atomic E-state index is 12.9. The molecule has 3 aromatic rings. The van der Waals surface area contributed by atoms with E-state index in [-0.39, 0.29) is 12.1 Å². The van der Waals surface area contributed by atoms with Crippen molar-refractivity contribution in [3.8, 4) is 0 Å². The number of aryl methyl sites for hydroxylation is 1. The fraction of sp³-hybridized carbons (Fsp3) is 0.333. The topological polar surface area (TPSA) is 50.2 Å². The summed E-state index contributed by atoms with van der Waals surface area (Å²) in [5.74, 6) is 0.973. The van der Waals surface area contributed by atoms with E-state index in [1.165, 1.54) is 0 Å². The van der Waals surface area contributed by atoms with Crippen molar-refractivity contribution in [2.24, 2.45) is 7.05 Å². The summed E-state index contributed by atoms with van der Waals surface area (Å²) >= 11 is 0. The molecule has 0 bridgehead atoms. The number of para-hydroxylation sites is 2. The van der Waals surface area contributed by atoms with Crippen LogP contribution < -0.4 is 5.32 Å². The van der Waals surface area contributed by atoms with Gasteiger partial charge in [-0.2, -0.15) is 0 Å². The van der Waals surface area contributed by atoms with Crippen LogP contribution in [0.5, 0.6) is 0 Å². The standard InChI is InChI=1S/C21H24N4O/c1-24-18-12-6-5-11-17(18)23-20(24)19-13-7-8-14-25(19)21(26)22-15-16-9-3-2-4-10-16/h2-6,9-12,19H,7-8,13-15H2,1H3,(H,22,26). The number of nitrogens with zero attached hydrogens (tertiary/aromatic N) is 3. The maximum atomic E-state index is 12.9. The third-order valence-electron chi connectivity index (χ3n) is 5.17. The van der Waals surface area contributed by atoms with Crippen LogP contribution in [0.2, 0.25) is 0 Å². The third kappa shape index (κ3) is 3.17. The molecule has 1 aromatic heterocycles. The first kappa shape index (κ1) is 16.6. The van der Waals surface area contributed by atoms with Gasteiger partial charge < -0.3 is 14.8 Å². The number of imidazole rings is 1. The zero-order valence-electron chi connectivity index (χ0n) is 15.1. The van der Waals surface area contributed by atoms with E-state index in [4.69, 9.17) is 4.98 Å². The van der Waals surface area contributed by atoms with E-state index in [0.29, 0.717) is 6.54 Å². The zero-order valence-corrected chi connectivity index (χ0v) is 15.1. The summed E-state index contributed by atoms with van der Waals surface area (Å²) in [6, 6.07) is 18.2. The molecule has 4 rings (SSSR count). The normalized spacial score (nSPS) is 17.4. The minimum Gasteiger partial charge on any atom is -0.334 e. The summed E-state index contributed by atoms with van der Waals surface area (Å²) in [4.78, 5) is 19.6. The Bertz CT molecular complexity index is 903. The predicted molar refractivity (Wildman–Crippen MR) is 103 cm³/mol. The maximum Gasteiger partial charge on any atom is 0.318 e. The molecule has 1 saturated heterocycles. The number of urea groups is 1. The van der Waals surface area contributed by atoms with Crippen LogP contribution in [0.3, 0.4) is 0 Å². The smallest absolute Gasteiger partial charge is 0.318 e. The molecular formula is C21H24N4O. The fourth-order valence-electron chi connectivity index (χ4n) is 3.78. The number of hydrogen-bond acceptors (Lipinski definition) is 2. The van der Waals surface area contributed by atoms with Crippen molar-refractivity contribution in [2.45, 2.75) is 31.8 Å². The number of benzene rings is 2. The Labute approximate surface area is 153 Å². The highest BCUT2D eigenvalue weighted by Crippen LogP contribution is 2.32. The number of carbonyl (C=O) groups excluding carboxylic acids is 1. The van der Waals surface area contributed by atoms with Gasteiger partial charge in [0.15, 0.2) is 0 Å². The average molecular weight is 348 g/mol. The summed E-state index contributed by atoms with van der Waals surface area (Å²) in [6.07, 6.45) is 3.12. The Balaban J connectivity index is 1.55. The van der Waals surface area contributed by atoms with Crippen LogP contribution in [0.4, 0.5) is 4.79 Å². The quantitative estimate of drug-likeness (QED) is 0.777. The monoisotopic (exact) mass is 348 g/mol. The van der Waals surface area contributed by atoms with E-state index in [1.807, 2.05) is 60.5 Å². The summed E-state index contributed by atoms with van der Waals surface area (Å²) in [5, 5.41) is 3.07. The van der Waals surface area contributed by atoms with E-state index < -0.39 is 0 Å². The molecule has 1 N–H and O–H groups in total. The first-order chi connectivity index (χ1) is 12.7. The lowest BCUT2D eigenvalue weighted by Gasteiger charge is -2.35. The van der Waals surface area contributed by atoms with Gasteiger partial charge in [-0.1, -0.05) is 42.5 Å². The van der Waals surface area contributed by atoms with Gasteiger partial charge >= 0.3 is 6.03 Å². The van der Waals surface area contributed by atoms with Crippen molar-refractivity contribution in [1.82, 2.24) is 19.8 Å². The highest BCUT2D eigenvalue weighted by atomic mass is 16.2. The molecule has 1 aliphatic heterocycles. The van der Waals surface area contributed by atoms with Crippen molar-refractivity contribution in [3.05, 3.63) is 66.0 Å². The predicted octanol–water partition coefficient (Wildman–Crippen LogP) is 4.01. The molecule has 5 heteroatoms. The molecule has 134 valence electrons. The van der Waals surface area contributed by atoms with Crippen LogP contribution in [0, 0.1) is 0 Å². The van der Waals surface area contributed by atoms with Gasteiger partial charge in [-0.25, -0.2) is 9.78 Å². The molecule has 0 aliphatic carbocycles. The van der Waals surface area contributed by atoms with Gasteiger partial charge in [0.05, 0.1) is 17.1 Å². The molecule has 26 heavy (non-hydrogen) atoms. The number of hydrogen-bond donors (Lipinski definition) is 1. The Morgan fingerprint density at radius 2 is 1.88 bits per heavy atom.